The van der Waals surface area contributed by atoms with E-state index in [1.54, 1.807) is 6.07 Å². The Labute approximate surface area is 133 Å². The van der Waals surface area contributed by atoms with Crippen LogP contribution in [-0.4, -0.2) is 17.4 Å². The predicted molar refractivity (Wildman–Crippen MR) is 87.2 cm³/mol. The standard InChI is InChI=1S/C16H15Cl2NO2/c1-2-21-14-8-4-6-12(10-14)11-5-3-7-13(9-11)19-16(20)15(17)18/h3-10,15H,2H2,1H3,(H,19,20). The first-order valence-corrected chi connectivity index (χ1v) is 7.39. The van der Waals surface area contributed by atoms with Crippen molar-refractivity contribution < 1.29 is 9.53 Å². The Morgan fingerprint density at radius 1 is 1.14 bits per heavy atom. The molecule has 0 fully saturated rings. The molecule has 0 aliphatic carbocycles. The number of rotatable bonds is 5. The number of carbonyl (C=O) groups excluding carboxylic acids is 1. The van der Waals surface area contributed by atoms with Crippen LogP contribution in [0.1, 0.15) is 6.92 Å². The number of amides is 1. The average molecular weight is 324 g/mol. The van der Waals surface area contributed by atoms with E-state index in [-0.39, 0.29) is 0 Å². The lowest BCUT2D eigenvalue weighted by Crippen LogP contribution is -2.18. The first kappa shape index (κ1) is 15.7. The third-order valence-electron chi connectivity index (χ3n) is 2.81. The number of alkyl halides is 2. The molecule has 0 unspecified atom stereocenters. The summed E-state index contributed by atoms with van der Waals surface area (Å²) >= 11 is 11.1. The van der Waals surface area contributed by atoms with Crippen molar-refractivity contribution in [1.82, 2.24) is 0 Å². The molecule has 0 atom stereocenters. The van der Waals surface area contributed by atoms with Gasteiger partial charge in [-0.25, -0.2) is 0 Å². The number of halogens is 2. The van der Waals surface area contributed by atoms with E-state index in [0.29, 0.717) is 12.3 Å². The number of benzene rings is 2. The lowest BCUT2D eigenvalue weighted by atomic mass is 10.0. The highest BCUT2D eigenvalue weighted by atomic mass is 35.5. The summed E-state index contributed by atoms with van der Waals surface area (Å²) in [6, 6.07) is 15.2. The van der Waals surface area contributed by atoms with Gasteiger partial charge in [0.25, 0.3) is 5.91 Å². The molecule has 0 radical (unpaired) electrons. The predicted octanol–water partition coefficient (Wildman–Crippen LogP) is 4.49. The quantitative estimate of drug-likeness (QED) is 0.823. The van der Waals surface area contributed by atoms with Crippen LogP contribution >= 0.6 is 23.2 Å². The van der Waals surface area contributed by atoms with E-state index in [9.17, 15) is 4.79 Å². The average Bonchev–Trinajstić information content (AvgIpc) is 2.48. The first-order chi connectivity index (χ1) is 10.1. The Kier molecular flexibility index (Phi) is 5.48. The largest absolute Gasteiger partial charge is 0.494 e. The smallest absolute Gasteiger partial charge is 0.257 e. The fourth-order valence-corrected chi connectivity index (χ4v) is 2.01. The second kappa shape index (κ2) is 7.34. The molecule has 0 spiro atoms. The summed E-state index contributed by atoms with van der Waals surface area (Å²) in [5, 5.41) is 2.66. The van der Waals surface area contributed by atoms with Crippen molar-refractivity contribution in [3.05, 3.63) is 48.5 Å². The maximum atomic E-state index is 11.5. The van der Waals surface area contributed by atoms with Gasteiger partial charge in [0.2, 0.25) is 0 Å². The van der Waals surface area contributed by atoms with Crippen molar-refractivity contribution in [3.63, 3.8) is 0 Å². The second-order valence-corrected chi connectivity index (χ2v) is 5.43. The minimum Gasteiger partial charge on any atom is -0.494 e. The highest BCUT2D eigenvalue weighted by Crippen LogP contribution is 2.26. The third kappa shape index (κ3) is 4.38. The van der Waals surface area contributed by atoms with Gasteiger partial charge >= 0.3 is 0 Å². The Bertz CT molecular complexity index is 629. The van der Waals surface area contributed by atoms with E-state index in [1.165, 1.54) is 0 Å². The first-order valence-electron chi connectivity index (χ1n) is 6.52. The van der Waals surface area contributed by atoms with Crippen LogP contribution in [-0.2, 0) is 4.79 Å². The third-order valence-corrected chi connectivity index (χ3v) is 3.20. The fourth-order valence-electron chi connectivity index (χ4n) is 1.91. The zero-order valence-corrected chi connectivity index (χ0v) is 13.0. The monoisotopic (exact) mass is 323 g/mol. The number of ether oxygens (including phenoxy) is 1. The van der Waals surface area contributed by atoms with Crippen LogP contribution in [0.25, 0.3) is 11.1 Å². The molecule has 0 bridgehead atoms. The van der Waals surface area contributed by atoms with Crippen molar-refractivity contribution in [2.45, 2.75) is 11.8 Å². The number of hydrogen-bond acceptors (Lipinski definition) is 2. The molecule has 0 heterocycles. The van der Waals surface area contributed by atoms with Gasteiger partial charge in [0.1, 0.15) is 5.75 Å². The topological polar surface area (TPSA) is 38.3 Å². The molecule has 1 N–H and O–H groups in total. The Morgan fingerprint density at radius 2 is 1.81 bits per heavy atom. The van der Waals surface area contributed by atoms with Gasteiger partial charge in [-0.2, -0.15) is 0 Å². The van der Waals surface area contributed by atoms with Crippen LogP contribution in [0.4, 0.5) is 5.69 Å². The van der Waals surface area contributed by atoms with Crippen LogP contribution in [0, 0.1) is 0 Å². The van der Waals surface area contributed by atoms with Gasteiger partial charge < -0.3 is 10.1 Å². The van der Waals surface area contributed by atoms with E-state index in [1.807, 2.05) is 49.4 Å². The summed E-state index contributed by atoms with van der Waals surface area (Å²) < 4.78 is 5.49. The van der Waals surface area contributed by atoms with E-state index in [2.05, 4.69) is 5.32 Å². The van der Waals surface area contributed by atoms with Gasteiger partial charge in [-0.05, 0) is 42.3 Å². The van der Waals surface area contributed by atoms with E-state index < -0.39 is 10.7 Å². The SMILES string of the molecule is CCOc1cccc(-c2cccc(NC(=O)C(Cl)Cl)c2)c1. The highest BCUT2D eigenvalue weighted by molar-refractivity contribution is 6.54. The Hall–Kier alpha value is -1.71. The highest BCUT2D eigenvalue weighted by Gasteiger charge is 2.11. The summed E-state index contributed by atoms with van der Waals surface area (Å²) in [6.07, 6.45) is 0. The zero-order chi connectivity index (χ0) is 15.2. The van der Waals surface area contributed by atoms with Crippen molar-refractivity contribution >= 4 is 34.8 Å². The molecule has 3 nitrogen and oxygen atoms in total. The fraction of sp³-hybridized carbons (Fsp3) is 0.188. The van der Waals surface area contributed by atoms with Crippen LogP contribution in [0.15, 0.2) is 48.5 Å². The molecule has 0 aliphatic rings. The molecular weight excluding hydrogens is 309 g/mol. The van der Waals surface area contributed by atoms with Gasteiger partial charge in [0.15, 0.2) is 4.84 Å². The van der Waals surface area contributed by atoms with Gasteiger partial charge in [0.05, 0.1) is 6.61 Å². The van der Waals surface area contributed by atoms with Crippen molar-refractivity contribution in [2.75, 3.05) is 11.9 Å². The van der Waals surface area contributed by atoms with Crippen molar-refractivity contribution in [1.29, 1.82) is 0 Å². The molecule has 0 aromatic heterocycles. The number of anilines is 1. The zero-order valence-electron chi connectivity index (χ0n) is 11.5. The molecule has 0 aliphatic heterocycles. The van der Waals surface area contributed by atoms with Gasteiger partial charge in [-0.3, -0.25) is 4.79 Å². The van der Waals surface area contributed by atoms with Crippen LogP contribution < -0.4 is 10.1 Å². The van der Waals surface area contributed by atoms with Crippen LogP contribution in [0.2, 0.25) is 0 Å². The van der Waals surface area contributed by atoms with Gasteiger partial charge in [0, 0.05) is 5.69 Å². The van der Waals surface area contributed by atoms with Crippen LogP contribution in [0.3, 0.4) is 0 Å². The maximum absolute atomic E-state index is 11.5. The summed E-state index contributed by atoms with van der Waals surface area (Å²) in [5.74, 6) is 0.365. The minimum atomic E-state index is -1.09. The number of carbonyl (C=O) groups is 1. The minimum absolute atomic E-state index is 0.446. The molecule has 5 heteroatoms. The maximum Gasteiger partial charge on any atom is 0.257 e. The van der Waals surface area contributed by atoms with Gasteiger partial charge in [-0.1, -0.05) is 47.5 Å². The molecule has 21 heavy (non-hydrogen) atoms. The Balaban J connectivity index is 2.24. The molecule has 2 rings (SSSR count). The molecule has 0 saturated heterocycles. The summed E-state index contributed by atoms with van der Waals surface area (Å²) in [5.41, 5.74) is 2.62. The summed E-state index contributed by atoms with van der Waals surface area (Å²) in [7, 11) is 0. The van der Waals surface area contributed by atoms with Crippen LogP contribution in [0.5, 0.6) is 5.75 Å². The molecular formula is C16H15Cl2NO2. The Morgan fingerprint density at radius 3 is 2.48 bits per heavy atom. The molecule has 0 saturated carbocycles. The molecule has 1 amide bonds. The van der Waals surface area contributed by atoms with Crippen molar-refractivity contribution in [2.24, 2.45) is 0 Å². The second-order valence-electron chi connectivity index (χ2n) is 4.33. The van der Waals surface area contributed by atoms with E-state index in [0.717, 1.165) is 16.9 Å². The lowest BCUT2D eigenvalue weighted by Gasteiger charge is -2.09. The molecule has 110 valence electrons. The lowest BCUT2D eigenvalue weighted by molar-refractivity contribution is -0.114. The number of hydrogen-bond donors (Lipinski definition) is 1. The normalized spacial score (nSPS) is 10.5. The molecule has 2 aromatic rings. The number of nitrogens with one attached hydrogen (secondary N) is 1. The van der Waals surface area contributed by atoms with E-state index in [4.69, 9.17) is 27.9 Å². The molecule has 2 aromatic carbocycles. The van der Waals surface area contributed by atoms with Gasteiger partial charge in [-0.15, -0.1) is 0 Å². The summed E-state index contributed by atoms with van der Waals surface area (Å²) in [4.78, 5) is 10.4. The van der Waals surface area contributed by atoms with Crippen molar-refractivity contribution in [3.8, 4) is 16.9 Å². The van der Waals surface area contributed by atoms with E-state index >= 15 is 0 Å². The summed E-state index contributed by atoms with van der Waals surface area (Å²) in [6.45, 7) is 2.56.